The Balaban J connectivity index is 2.68. The number of allylic oxidation sites excluding steroid dienone is 1. The summed E-state index contributed by atoms with van der Waals surface area (Å²) < 4.78 is 0. The van der Waals surface area contributed by atoms with Crippen molar-refractivity contribution in [2.24, 2.45) is 5.73 Å². The third-order valence-electron chi connectivity index (χ3n) is 1.96. The van der Waals surface area contributed by atoms with Crippen LogP contribution in [0.1, 0.15) is 12.5 Å². The van der Waals surface area contributed by atoms with E-state index in [4.69, 9.17) is 5.73 Å². The Hall–Kier alpha value is -1.94. The lowest BCUT2D eigenvalue weighted by Crippen LogP contribution is -2.32. The highest BCUT2D eigenvalue weighted by Crippen LogP contribution is 2.10. The molecule has 0 aromatic heterocycles. The summed E-state index contributed by atoms with van der Waals surface area (Å²) in [7, 11) is 0. The van der Waals surface area contributed by atoms with Gasteiger partial charge in [-0.1, -0.05) is 18.2 Å². The van der Waals surface area contributed by atoms with E-state index < -0.39 is 6.04 Å². The number of nitrogens with two attached hydrogens (primary N) is 1. The van der Waals surface area contributed by atoms with Crippen molar-refractivity contribution in [1.29, 1.82) is 0 Å². The molecule has 1 aromatic carbocycles. The van der Waals surface area contributed by atoms with Crippen molar-refractivity contribution in [2.75, 3.05) is 5.32 Å². The van der Waals surface area contributed by atoms with Crippen LogP contribution in [0.5, 0.6) is 0 Å². The van der Waals surface area contributed by atoms with Crippen LogP contribution in [-0.4, -0.2) is 18.2 Å². The number of rotatable bonds is 4. The molecule has 1 atom stereocenters. The molecule has 0 aliphatic rings. The van der Waals surface area contributed by atoms with Gasteiger partial charge >= 0.3 is 0 Å². The van der Waals surface area contributed by atoms with Crippen LogP contribution >= 0.6 is 0 Å². The summed E-state index contributed by atoms with van der Waals surface area (Å²) in [5.74, 6) is -0.226. The Morgan fingerprint density at radius 2 is 2.00 bits per heavy atom. The van der Waals surface area contributed by atoms with Gasteiger partial charge in [0.15, 0.2) is 0 Å². The monoisotopic (exact) mass is 218 g/mol. The van der Waals surface area contributed by atoms with E-state index in [1.54, 1.807) is 37.3 Å². The normalized spacial score (nSPS) is 12.4. The van der Waals surface area contributed by atoms with Crippen molar-refractivity contribution in [3.05, 3.63) is 35.9 Å². The van der Waals surface area contributed by atoms with E-state index in [9.17, 15) is 9.59 Å². The molecule has 16 heavy (non-hydrogen) atoms. The van der Waals surface area contributed by atoms with Crippen LogP contribution < -0.4 is 11.1 Å². The van der Waals surface area contributed by atoms with Gasteiger partial charge in [0.05, 0.1) is 6.04 Å². The molecule has 0 fully saturated rings. The summed E-state index contributed by atoms with van der Waals surface area (Å²) in [5, 5.41) is 2.67. The number of hydrogen-bond donors (Lipinski definition) is 2. The van der Waals surface area contributed by atoms with E-state index in [2.05, 4.69) is 5.32 Å². The van der Waals surface area contributed by atoms with E-state index in [-0.39, 0.29) is 5.91 Å². The van der Waals surface area contributed by atoms with Gasteiger partial charge in [0.25, 0.3) is 0 Å². The Bertz CT molecular complexity index is 394. The first-order valence-corrected chi connectivity index (χ1v) is 4.92. The Labute approximate surface area is 94.1 Å². The zero-order chi connectivity index (χ0) is 12.0. The molecule has 0 aliphatic heterocycles. The predicted molar refractivity (Wildman–Crippen MR) is 63.8 cm³/mol. The second kappa shape index (κ2) is 5.82. The molecular weight excluding hydrogens is 204 g/mol. The van der Waals surface area contributed by atoms with Crippen LogP contribution in [0.3, 0.4) is 0 Å². The molecule has 0 aliphatic carbocycles. The molecule has 3 N–H and O–H groups in total. The Morgan fingerprint density at radius 1 is 1.38 bits per heavy atom. The third-order valence-corrected chi connectivity index (χ3v) is 1.96. The van der Waals surface area contributed by atoms with Crippen LogP contribution in [0, 0.1) is 0 Å². The van der Waals surface area contributed by atoms with Crippen molar-refractivity contribution < 1.29 is 9.59 Å². The zero-order valence-corrected chi connectivity index (χ0v) is 9.01. The molecule has 4 heteroatoms. The topological polar surface area (TPSA) is 72.2 Å². The summed E-state index contributed by atoms with van der Waals surface area (Å²) in [6, 6.07) is 6.58. The largest absolute Gasteiger partial charge is 0.325 e. The van der Waals surface area contributed by atoms with E-state index >= 15 is 0 Å². The standard InChI is InChI=1S/C12H14N2O2/c1-9(13)12(16)14-11-6-4-10(5-7-11)3-2-8-15/h2-9H,13H2,1H3,(H,14,16)/b3-2+. The van der Waals surface area contributed by atoms with Gasteiger partial charge in [0.1, 0.15) is 6.29 Å². The smallest absolute Gasteiger partial charge is 0.240 e. The minimum absolute atomic E-state index is 0.226. The van der Waals surface area contributed by atoms with Crippen molar-refractivity contribution in [3.63, 3.8) is 0 Å². The number of carbonyl (C=O) groups excluding carboxylic acids is 2. The fourth-order valence-electron chi connectivity index (χ4n) is 1.08. The molecule has 1 amide bonds. The number of nitrogens with one attached hydrogen (secondary N) is 1. The molecular formula is C12H14N2O2. The van der Waals surface area contributed by atoms with Crippen LogP contribution in [0.25, 0.3) is 6.08 Å². The maximum Gasteiger partial charge on any atom is 0.240 e. The Morgan fingerprint density at radius 3 is 2.50 bits per heavy atom. The average Bonchev–Trinajstić information content (AvgIpc) is 2.28. The lowest BCUT2D eigenvalue weighted by atomic mass is 10.2. The summed E-state index contributed by atoms with van der Waals surface area (Å²) in [6.45, 7) is 1.62. The van der Waals surface area contributed by atoms with Crippen LogP contribution in [-0.2, 0) is 9.59 Å². The number of hydrogen-bond acceptors (Lipinski definition) is 3. The average molecular weight is 218 g/mol. The fourth-order valence-corrected chi connectivity index (χ4v) is 1.08. The SMILES string of the molecule is CC(N)C(=O)Nc1ccc(/C=C/C=O)cc1. The van der Waals surface area contributed by atoms with Gasteiger partial charge < -0.3 is 11.1 Å². The summed E-state index contributed by atoms with van der Waals surface area (Å²) in [6.07, 6.45) is 3.81. The Kier molecular flexibility index (Phi) is 4.42. The van der Waals surface area contributed by atoms with Gasteiger partial charge in [-0.25, -0.2) is 0 Å². The molecule has 4 nitrogen and oxygen atoms in total. The zero-order valence-electron chi connectivity index (χ0n) is 9.01. The van der Waals surface area contributed by atoms with Gasteiger partial charge in [0, 0.05) is 5.69 Å². The molecule has 1 unspecified atom stereocenters. The fraction of sp³-hybridized carbons (Fsp3) is 0.167. The summed E-state index contributed by atoms with van der Waals surface area (Å²) in [4.78, 5) is 21.4. The maximum absolute atomic E-state index is 11.3. The molecule has 0 spiro atoms. The van der Waals surface area contributed by atoms with Gasteiger partial charge in [-0.2, -0.15) is 0 Å². The first-order chi connectivity index (χ1) is 7.63. The van der Waals surface area contributed by atoms with E-state index in [1.165, 1.54) is 6.08 Å². The minimum atomic E-state index is -0.533. The van der Waals surface area contributed by atoms with Gasteiger partial charge in [-0.15, -0.1) is 0 Å². The predicted octanol–water partition coefficient (Wildman–Crippen LogP) is 1.18. The van der Waals surface area contributed by atoms with Crippen molar-refractivity contribution in [1.82, 2.24) is 0 Å². The number of carbonyl (C=O) groups is 2. The summed E-state index contributed by atoms with van der Waals surface area (Å²) >= 11 is 0. The minimum Gasteiger partial charge on any atom is -0.325 e. The number of anilines is 1. The molecule has 0 bridgehead atoms. The van der Waals surface area contributed by atoms with Crippen LogP contribution in [0.2, 0.25) is 0 Å². The molecule has 1 aromatic rings. The second-order valence-corrected chi connectivity index (χ2v) is 3.40. The highest BCUT2D eigenvalue weighted by atomic mass is 16.2. The quantitative estimate of drug-likeness (QED) is 0.589. The first-order valence-electron chi connectivity index (χ1n) is 4.92. The first kappa shape index (κ1) is 12.1. The molecule has 0 radical (unpaired) electrons. The number of aldehydes is 1. The molecule has 0 saturated heterocycles. The molecule has 84 valence electrons. The third kappa shape index (κ3) is 3.67. The van der Waals surface area contributed by atoms with E-state index in [0.29, 0.717) is 12.0 Å². The van der Waals surface area contributed by atoms with E-state index in [1.807, 2.05) is 0 Å². The maximum atomic E-state index is 11.3. The number of amides is 1. The lowest BCUT2D eigenvalue weighted by Gasteiger charge is -2.07. The van der Waals surface area contributed by atoms with Crippen molar-refractivity contribution in [3.8, 4) is 0 Å². The van der Waals surface area contributed by atoms with Gasteiger partial charge in [-0.3, -0.25) is 9.59 Å². The highest BCUT2D eigenvalue weighted by Gasteiger charge is 2.06. The second-order valence-electron chi connectivity index (χ2n) is 3.40. The van der Waals surface area contributed by atoms with Crippen LogP contribution in [0.4, 0.5) is 5.69 Å². The van der Waals surface area contributed by atoms with Crippen LogP contribution in [0.15, 0.2) is 30.3 Å². The molecule has 0 saturated carbocycles. The summed E-state index contributed by atoms with van der Waals surface area (Å²) in [5.41, 5.74) is 7.00. The molecule has 1 rings (SSSR count). The highest BCUT2D eigenvalue weighted by molar-refractivity contribution is 5.94. The lowest BCUT2D eigenvalue weighted by molar-refractivity contribution is -0.117. The van der Waals surface area contributed by atoms with Gasteiger partial charge in [-0.05, 0) is 30.7 Å². The van der Waals surface area contributed by atoms with E-state index in [0.717, 1.165) is 5.56 Å². The van der Waals surface area contributed by atoms with Gasteiger partial charge in [0.2, 0.25) is 5.91 Å². The van der Waals surface area contributed by atoms with Crippen molar-refractivity contribution >= 4 is 24.0 Å². The molecule has 0 heterocycles. The number of benzene rings is 1. The van der Waals surface area contributed by atoms with Crippen molar-refractivity contribution in [2.45, 2.75) is 13.0 Å².